The van der Waals surface area contributed by atoms with E-state index in [1.54, 1.807) is 24.3 Å². The van der Waals surface area contributed by atoms with Crippen LogP contribution in [0.3, 0.4) is 0 Å². The summed E-state index contributed by atoms with van der Waals surface area (Å²) in [5.41, 5.74) is 2.08. The summed E-state index contributed by atoms with van der Waals surface area (Å²) in [7, 11) is 3.39. The lowest BCUT2D eigenvalue weighted by atomic mass is 10.1. The third-order valence-corrected chi connectivity index (χ3v) is 5.29. The second-order valence-corrected chi connectivity index (χ2v) is 7.63. The molecule has 1 fully saturated rings. The summed E-state index contributed by atoms with van der Waals surface area (Å²) < 4.78 is 34.2. The van der Waals surface area contributed by atoms with E-state index >= 15 is 0 Å². The molecule has 176 valence electrons. The number of hydrogen-bond donors (Lipinski definition) is 1. The molecule has 9 heteroatoms. The van der Waals surface area contributed by atoms with Crippen molar-refractivity contribution >= 4 is 17.9 Å². The van der Waals surface area contributed by atoms with Crippen molar-refractivity contribution in [2.75, 3.05) is 40.3 Å². The van der Waals surface area contributed by atoms with Crippen LogP contribution in [-0.4, -0.2) is 68.6 Å². The summed E-state index contributed by atoms with van der Waals surface area (Å²) >= 11 is 0. The van der Waals surface area contributed by atoms with Gasteiger partial charge in [0.05, 0.1) is 7.11 Å². The number of amides is 2. The Kier molecular flexibility index (Phi) is 8.37. The first-order valence-corrected chi connectivity index (χ1v) is 10.5. The Labute approximate surface area is 191 Å². The lowest BCUT2D eigenvalue weighted by Crippen LogP contribution is -2.47. The van der Waals surface area contributed by atoms with Gasteiger partial charge in [-0.05, 0) is 48.5 Å². The summed E-state index contributed by atoms with van der Waals surface area (Å²) in [5.74, 6) is -0.241. The molecule has 1 saturated heterocycles. The molecule has 1 heterocycles. The normalized spacial score (nSPS) is 14.5. The molecule has 0 spiro atoms. The fraction of sp³-hybridized carbons (Fsp3) is 0.333. The van der Waals surface area contributed by atoms with E-state index in [9.17, 15) is 18.4 Å². The molecule has 0 unspecified atom stereocenters. The summed E-state index contributed by atoms with van der Waals surface area (Å²) in [4.78, 5) is 28.8. The minimum atomic E-state index is -2.95. The molecule has 0 atom stereocenters. The van der Waals surface area contributed by atoms with Gasteiger partial charge in [-0.15, -0.1) is 0 Å². The van der Waals surface area contributed by atoms with Crippen LogP contribution in [0, 0.1) is 0 Å². The Hall–Kier alpha value is -3.46. The average Bonchev–Trinajstić information content (AvgIpc) is 2.82. The number of ether oxygens (including phenoxy) is 2. The molecule has 0 saturated carbocycles. The maximum Gasteiger partial charge on any atom is 0.387 e. The molecule has 1 aliphatic rings. The van der Waals surface area contributed by atoms with Gasteiger partial charge in [-0.1, -0.05) is 18.2 Å². The van der Waals surface area contributed by atoms with Crippen LogP contribution >= 0.6 is 0 Å². The zero-order valence-corrected chi connectivity index (χ0v) is 18.6. The van der Waals surface area contributed by atoms with E-state index in [1.807, 2.05) is 24.1 Å². The third-order valence-electron chi connectivity index (χ3n) is 5.29. The first-order chi connectivity index (χ1) is 15.9. The molecular formula is C24H27F2N3O4. The Morgan fingerprint density at radius 1 is 1.06 bits per heavy atom. The Morgan fingerprint density at radius 2 is 1.76 bits per heavy atom. The molecule has 0 aromatic heterocycles. The van der Waals surface area contributed by atoms with Crippen LogP contribution in [0.1, 0.15) is 21.5 Å². The number of nitrogens with zero attached hydrogens (tertiary/aromatic N) is 2. The molecule has 2 aromatic rings. The number of carbonyl (C=O) groups is 2. The fourth-order valence-electron chi connectivity index (χ4n) is 3.36. The molecule has 0 bridgehead atoms. The largest absolute Gasteiger partial charge is 0.493 e. The summed E-state index contributed by atoms with van der Waals surface area (Å²) in [6, 6.07) is 11.6. The van der Waals surface area contributed by atoms with Crippen molar-refractivity contribution in [1.82, 2.24) is 15.1 Å². The number of methoxy groups -OCH3 is 1. The fourth-order valence-corrected chi connectivity index (χ4v) is 3.36. The van der Waals surface area contributed by atoms with Crippen LogP contribution in [0.25, 0.3) is 6.08 Å². The molecule has 0 aliphatic carbocycles. The van der Waals surface area contributed by atoms with Crippen LogP contribution in [0.15, 0.2) is 48.5 Å². The van der Waals surface area contributed by atoms with Crippen molar-refractivity contribution < 1.29 is 27.8 Å². The van der Waals surface area contributed by atoms with E-state index in [4.69, 9.17) is 4.74 Å². The van der Waals surface area contributed by atoms with Crippen LogP contribution in [0.5, 0.6) is 11.5 Å². The molecule has 1 N–H and O–H groups in total. The number of likely N-dealkylation sites (N-methyl/N-ethyl adjacent to an activating group) is 1. The minimum absolute atomic E-state index is 0.0158. The zero-order valence-electron chi connectivity index (χ0n) is 18.6. The molecule has 33 heavy (non-hydrogen) atoms. The van der Waals surface area contributed by atoms with E-state index in [0.717, 1.165) is 18.7 Å². The summed E-state index contributed by atoms with van der Waals surface area (Å²) in [5, 5.41) is 2.77. The molecule has 2 amide bonds. The first kappa shape index (κ1) is 24.2. The van der Waals surface area contributed by atoms with E-state index in [1.165, 1.54) is 25.3 Å². The monoisotopic (exact) mass is 459 g/mol. The summed E-state index contributed by atoms with van der Waals surface area (Å²) in [6.45, 7) is 0.509. The van der Waals surface area contributed by atoms with Gasteiger partial charge in [-0.2, -0.15) is 8.78 Å². The van der Waals surface area contributed by atoms with Crippen LogP contribution in [0.2, 0.25) is 0 Å². The van der Waals surface area contributed by atoms with E-state index in [2.05, 4.69) is 15.0 Å². The van der Waals surface area contributed by atoms with Gasteiger partial charge in [0, 0.05) is 44.4 Å². The van der Waals surface area contributed by atoms with Crippen LogP contribution in [0.4, 0.5) is 8.78 Å². The Morgan fingerprint density at radius 3 is 2.39 bits per heavy atom. The van der Waals surface area contributed by atoms with Gasteiger partial charge in [-0.3, -0.25) is 9.59 Å². The van der Waals surface area contributed by atoms with Crippen molar-refractivity contribution in [3.8, 4) is 11.5 Å². The van der Waals surface area contributed by atoms with Crippen molar-refractivity contribution in [1.29, 1.82) is 0 Å². The van der Waals surface area contributed by atoms with Gasteiger partial charge >= 0.3 is 6.61 Å². The van der Waals surface area contributed by atoms with Gasteiger partial charge in [0.1, 0.15) is 0 Å². The molecule has 1 aliphatic heterocycles. The predicted octanol–water partition coefficient (Wildman–Crippen LogP) is 3.01. The van der Waals surface area contributed by atoms with Crippen molar-refractivity contribution in [3.63, 3.8) is 0 Å². The minimum Gasteiger partial charge on any atom is -0.493 e. The highest BCUT2D eigenvalue weighted by molar-refractivity contribution is 5.94. The second kappa shape index (κ2) is 11.4. The smallest absolute Gasteiger partial charge is 0.387 e. The maximum atomic E-state index is 12.6. The number of benzene rings is 2. The van der Waals surface area contributed by atoms with Gasteiger partial charge < -0.3 is 24.6 Å². The van der Waals surface area contributed by atoms with Gasteiger partial charge in [0.15, 0.2) is 11.5 Å². The topological polar surface area (TPSA) is 71.1 Å². The lowest BCUT2D eigenvalue weighted by molar-refractivity contribution is -0.116. The number of alkyl halides is 2. The van der Waals surface area contributed by atoms with E-state index in [0.29, 0.717) is 30.8 Å². The molecular weight excluding hydrogens is 432 g/mol. The third kappa shape index (κ3) is 7.01. The van der Waals surface area contributed by atoms with E-state index < -0.39 is 6.61 Å². The highest BCUT2D eigenvalue weighted by Crippen LogP contribution is 2.29. The number of hydrogen-bond acceptors (Lipinski definition) is 5. The van der Waals surface area contributed by atoms with Crippen molar-refractivity contribution in [2.45, 2.75) is 13.2 Å². The van der Waals surface area contributed by atoms with Crippen LogP contribution in [-0.2, 0) is 11.3 Å². The summed E-state index contributed by atoms with van der Waals surface area (Å²) in [6.07, 6.45) is 2.88. The first-order valence-electron chi connectivity index (χ1n) is 10.5. The van der Waals surface area contributed by atoms with Crippen molar-refractivity contribution in [3.05, 3.63) is 65.2 Å². The number of piperazine rings is 1. The number of carbonyl (C=O) groups excluding carboxylic acids is 2. The van der Waals surface area contributed by atoms with Gasteiger partial charge in [-0.25, -0.2) is 0 Å². The number of nitrogens with one attached hydrogen (secondary N) is 1. The molecule has 7 nitrogen and oxygen atoms in total. The SMILES string of the molecule is COc1cc(/C=C/C(=O)NCc2ccc(C(=O)N3CCN(C)CC3)cc2)ccc1OC(F)F. The number of rotatable bonds is 8. The molecule has 0 radical (unpaired) electrons. The van der Waals surface area contributed by atoms with E-state index in [-0.39, 0.29) is 23.3 Å². The number of halogens is 2. The highest BCUT2D eigenvalue weighted by atomic mass is 19.3. The van der Waals surface area contributed by atoms with Gasteiger partial charge in [0.25, 0.3) is 5.91 Å². The highest BCUT2D eigenvalue weighted by Gasteiger charge is 2.20. The van der Waals surface area contributed by atoms with Crippen molar-refractivity contribution in [2.24, 2.45) is 0 Å². The standard InChI is InChI=1S/C24H27F2N3O4/c1-28-11-13-29(14-12-28)23(31)19-7-3-18(4-8-19)16-27-22(30)10-6-17-5-9-20(33-24(25)26)21(15-17)32-2/h3-10,15,24H,11-14,16H2,1-2H3,(H,27,30)/b10-6+. The quantitative estimate of drug-likeness (QED) is 0.615. The van der Waals surface area contributed by atoms with Gasteiger partial charge in [0.2, 0.25) is 5.91 Å². The molecule has 3 rings (SSSR count). The maximum absolute atomic E-state index is 12.6. The Balaban J connectivity index is 1.51. The molecule has 2 aromatic carbocycles. The Bertz CT molecular complexity index is 988. The van der Waals surface area contributed by atoms with Crippen LogP contribution < -0.4 is 14.8 Å². The average molecular weight is 459 g/mol. The zero-order chi connectivity index (χ0) is 23.8. The lowest BCUT2D eigenvalue weighted by Gasteiger charge is -2.32. The predicted molar refractivity (Wildman–Crippen MR) is 120 cm³/mol. The second-order valence-electron chi connectivity index (χ2n) is 7.63.